The zero-order chi connectivity index (χ0) is 25.8. The highest BCUT2D eigenvalue weighted by Gasteiger charge is 2.65. The van der Waals surface area contributed by atoms with Crippen molar-refractivity contribution in [1.29, 1.82) is 0 Å². The summed E-state index contributed by atoms with van der Waals surface area (Å²) in [6.45, 7) is 0. The van der Waals surface area contributed by atoms with Crippen molar-refractivity contribution in [2.24, 2.45) is 11.8 Å². The Hall–Kier alpha value is -3.72. The second-order valence-electron chi connectivity index (χ2n) is 10.1. The first-order valence-corrected chi connectivity index (χ1v) is 12.9. The van der Waals surface area contributed by atoms with Crippen LogP contribution in [0, 0.1) is 22.0 Å². The van der Waals surface area contributed by atoms with Crippen LogP contribution in [0.1, 0.15) is 49.3 Å². The predicted molar refractivity (Wildman–Crippen MR) is 136 cm³/mol. The summed E-state index contributed by atoms with van der Waals surface area (Å²) in [5, 5.41) is 14.1. The van der Waals surface area contributed by atoms with Crippen LogP contribution in [0.25, 0.3) is 6.08 Å². The number of benzene rings is 2. The van der Waals surface area contributed by atoms with Crippen LogP contribution >= 0.6 is 11.6 Å². The zero-order valence-corrected chi connectivity index (χ0v) is 20.6. The van der Waals surface area contributed by atoms with E-state index in [0.717, 1.165) is 43.2 Å². The Morgan fingerprint density at radius 1 is 1.03 bits per heavy atom. The van der Waals surface area contributed by atoms with Crippen molar-refractivity contribution in [2.75, 3.05) is 5.32 Å². The molecule has 3 fully saturated rings. The Kier molecular flexibility index (Phi) is 5.75. The summed E-state index contributed by atoms with van der Waals surface area (Å²) in [6, 6.07) is 9.91. The first-order chi connectivity index (χ1) is 17.9. The number of anilines is 1. The molecule has 0 aromatic heterocycles. The molecule has 0 unspecified atom stereocenters. The van der Waals surface area contributed by atoms with Gasteiger partial charge in [0.2, 0.25) is 17.7 Å². The maximum atomic E-state index is 13.9. The van der Waals surface area contributed by atoms with Gasteiger partial charge in [-0.25, -0.2) is 0 Å². The molecule has 9 nitrogen and oxygen atoms in total. The number of nitrogens with zero attached hydrogens (tertiary/aromatic N) is 3. The highest BCUT2D eigenvalue weighted by Crippen LogP contribution is 2.53. The predicted octanol–water partition coefficient (Wildman–Crippen LogP) is 4.53. The number of halogens is 1. The smallest absolute Gasteiger partial charge is 0.271 e. The van der Waals surface area contributed by atoms with Gasteiger partial charge in [-0.1, -0.05) is 55.1 Å². The molecule has 1 N–H and O–H groups in total. The van der Waals surface area contributed by atoms with E-state index < -0.39 is 34.7 Å². The molecule has 4 atom stereocenters. The van der Waals surface area contributed by atoms with Gasteiger partial charge in [0.15, 0.2) is 0 Å². The molecule has 2 aromatic carbocycles. The van der Waals surface area contributed by atoms with E-state index in [0.29, 0.717) is 0 Å². The number of likely N-dealkylation sites (tertiary alicyclic amines) is 1. The quantitative estimate of drug-likeness (QED) is 0.360. The Bertz CT molecular complexity index is 1350. The number of hydrogen-bond acceptors (Lipinski definition) is 6. The Labute approximate surface area is 218 Å². The lowest BCUT2D eigenvalue weighted by molar-refractivity contribution is -0.384. The average Bonchev–Trinajstić information content (AvgIpc) is 3.38. The van der Waals surface area contributed by atoms with Gasteiger partial charge in [0.25, 0.3) is 5.69 Å². The van der Waals surface area contributed by atoms with Gasteiger partial charge in [0, 0.05) is 24.4 Å². The maximum absolute atomic E-state index is 13.9. The molecule has 6 rings (SSSR count). The molecule has 1 aliphatic carbocycles. The summed E-state index contributed by atoms with van der Waals surface area (Å²) in [5.41, 5.74) is 1.71. The average molecular weight is 521 g/mol. The SMILES string of the molecule is O=C(Nc1cc([N+](=O)[O-])ccc1Cl)[C@@H]1[C@@H]2C(=O)N(C3CCCCC3)C(=O)[C@@H]2[C@@H]2c3ccccc3C=CN12. The fourth-order valence-electron chi connectivity index (χ4n) is 6.51. The van der Waals surface area contributed by atoms with Crippen LogP contribution in [0.2, 0.25) is 5.02 Å². The van der Waals surface area contributed by atoms with Gasteiger partial charge in [-0.05, 0) is 36.1 Å². The van der Waals surface area contributed by atoms with Crippen molar-refractivity contribution in [2.45, 2.75) is 50.2 Å². The summed E-state index contributed by atoms with van der Waals surface area (Å²) in [7, 11) is 0. The first-order valence-electron chi connectivity index (χ1n) is 12.5. The number of carbonyl (C=O) groups excluding carboxylic acids is 3. The van der Waals surface area contributed by atoms with Crippen molar-refractivity contribution in [3.05, 3.63) is 74.9 Å². The van der Waals surface area contributed by atoms with E-state index in [9.17, 15) is 24.5 Å². The molecule has 3 aliphatic heterocycles. The van der Waals surface area contributed by atoms with Crippen LogP contribution in [0.3, 0.4) is 0 Å². The fraction of sp³-hybridized carbons (Fsp3) is 0.370. The molecule has 2 saturated heterocycles. The van der Waals surface area contributed by atoms with Gasteiger partial charge in [0.05, 0.1) is 33.5 Å². The number of hydrogen-bond donors (Lipinski definition) is 1. The van der Waals surface area contributed by atoms with Gasteiger partial charge in [-0.3, -0.25) is 29.4 Å². The number of rotatable bonds is 4. The summed E-state index contributed by atoms with van der Waals surface area (Å²) >= 11 is 6.25. The minimum atomic E-state index is -0.972. The molecule has 3 amide bonds. The van der Waals surface area contributed by atoms with Crippen LogP contribution in [0.5, 0.6) is 0 Å². The van der Waals surface area contributed by atoms with E-state index in [2.05, 4.69) is 5.32 Å². The van der Waals surface area contributed by atoms with E-state index in [-0.39, 0.29) is 34.3 Å². The van der Waals surface area contributed by atoms with E-state index in [1.165, 1.54) is 23.1 Å². The molecular formula is C27H25ClN4O5. The topological polar surface area (TPSA) is 113 Å². The molecule has 0 bridgehead atoms. The lowest BCUT2D eigenvalue weighted by Crippen LogP contribution is -2.49. The number of nitro groups is 1. The van der Waals surface area contributed by atoms with Crippen LogP contribution in [-0.2, 0) is 14.4 Å². The summed E-state index contributed by atoms with van der Waals surface area (Å²) in [5.74, 6) is -2.63. The number of nitro benzene ring substituents is 1. The molecule has 3 heterocycles. The van der Waals surface area contributed by atoms with Crippen LogP contribution < -0.4 is 5.32 Å². The van der Waals surface area contributed by atoms with Gasteiger partial charge in [0.1, 0.15) is 6.04 Å². The summed E-state index contributed by atoms with van der Waals surface area (Å²) in [4.78, 5) is 55.5. The van der Waals surface area contributed by atoms with Gasteiger partial charge in [-0.15, -0.1) is 0 Å². The monoisotopic (exact) mass is 520 g/mol. The highest BCUT2D eigenvalue weighted by atomic mass is 35.5. The van der Waals surface area contributed by atoms with E-state index in [1.54, 1.807) is 11.1 Å². The molecule has 1 saturated carbocycles. The standard InChI is InChI=1S/C27H25ClN4O5/c28-19-11-10-17(32(36)37)14-20(19)29-25(33)24-22-21(23-18-9-5-4-6-15(18)12-13-30(23)24)26(34)31(27(22)35)16-7-2-1-3-8-16/h4-6,9-14,16,21-24H,1-3,7-8H2,(H,29,33)/t21-,22+,23-,24-/m0/s1. The van der Waals surface area contributed by atoms with Crippen molar-refractivity contribution in [1.82, 2.24) is 9.80 Å². The highest BCUT2D eigenvalue weighted by molar-refractivity contribution is 6.34. The lowest BCUT2D eigenvalue weighted by atomic mass is 9.84. The molecule has 0 radical (unpaired) electrons. The maximum Gasteiger partial charge on any atom is 0.271 e. The number of carbonyl (C=O) groups is 3. The number of nitrogens with one attached hydrogen (secondary N) is 1. The Morgan fingerprint density at radius 2 is 1.76 bits per heavy atom. The number of imide groups is 1. The molecule has 2 aromatic rings. The minimum absolute atomic E-state index is 0.0863. The van der Waals surface area contributed by atoms with Crippen molar-refractivity contribution in [3.63, 3.8) is 0 Å². The van der Waals surface area contributed by atoms with E-state index in [1.807, 2.05) is 30.3 Å². The van der Waals surface area contributed by atoms with Gasteiger partial charge < -0.3 is 10.2 Å². The molecular weight excluding hydrogens is 496 g/mol. The zero-order valence-electron chi connectivity index (χ0n) is 19.9. The summed E-state index contributed by atoms with van der Waals surface area (Å²) < 4.78 is 0. The molecule has 4 aliphatic rings. The second kappa shape index (κ2) is 8.99. The molecule has 0 spiro atoms. The second-order valence-corrected chi connectivity index (χ2v) is 10.5. The summed E-state index contributed by atoms with van der Waals surface area (Å²) in [6.07, 6.45) is 8.23. The number of non-ortho nitro benzene ring substituents is 1. The van der Waals surface area contributed by atoms with Crippen molar-refractivity contribution < 1.29 is 19.3 Å². The lowest BCUT2D eigenvalue weighted by Gasteiger charge is -2.37. The Morgan fingerprint density at radius 3 is 2.51 bits per heavy atom. The van der Waals surface area contributed by atoms with Crippen LogP contribution in [-0.4, -0.2) is 44.5 Å². The van der Waals surface area contributed by atoms with Crippen molar-refractivity contribution >= 4 is 46.8 Å². The minimum Gasteiger partial charge on any atom is -0.357 e. The van der Waals surface area contributed by atoms with Gasteiger partial charge in [-0.2, -0.15) is 0 Å². The third kappa shape index (κ3) is 3.71. The van der Waals surface area contributed by atoms with Crippen molar-refractivity contribution in [3.8, 4) is 0 Å². The number of amides is 3. The molecule has 37 heavy (non-hydrogen) atoms. The first kappa shape index (κ1) is 23.7. The third-order valence-corrected chi connectivity index (χ3v) is 8.45. The third-order valence-electron chi connectivity index (χ3n) is 8.12. The Balaban J connectivity index is 1.40. The van der Waals surface area contributed by atoms with Crippen LogP contribution in [0.15, 0.2) is 48.7 Å². The van der Waals surface area contributed by atoms with Crippen LogP contribution in [0.4, 0.5) is 11.4 Å². The van der Waals surface area contributed by atoms with E-state index >= 15 is 0 Å². The number of fused-ring (bicyclic) bond motifs is 5. The van der Waals surface area contributed by atoms with E-state index in [4.69, 9.17) is 11.6 Å². The van der Waals surface area contributed by atoms with Gasteiger partial charge >= 0.3 is 0 Å². The molecule has 190 valence electrons. The molecule has 10 heteroatoms. The normalized spacial score (nSPS) is 26.6. The fourth-order valence-corrected chi connectivity index (χ4v) is 6.67. The largest absolute Gasteiger partial charge is 0.357 e.